The lowest BCUT2D eigenvalue weighted by atomic mass is 9.83. The second kappa shape index (κ2) is 7.26. The van der Waals surface area contributed by atoms with E-state index >= 15 is 0 Å². The van der Waals surface area contributed by atoms with E-state index in [0.717, 1.165) is 29.3 Å². The fraction of sp³-hybridized carbons (Fsp3) is 0.364. The molecule has 2 aliphatic heterocycles. The van der Waals surface area contributed by atoms with Crippen molar-refractivity contribution in [2.75, 3.05) is 24.1 Å². The Hall–Kier alpha value is -3.07. The van der Waals surface area contributed by atoms with E-state index in [1.54, 1.807) is 24.3 Å². The van der Waals surface area contributed by atoms with Gasteiger partial charge in [0.05, 0.1) is 17.5 Å². The molecule has 1 aromatic carbocycles. The van der Waals surface area contributed by atoms with Gasteiger partial charge in [0.25, 0.3) is 5.56 Å². The lowest BCUT2D eigenvalue weighted by Gasteiger charge is -2.42. The van der Waals surface area contributed by atoms with Crippen LogP contribution in [0.2, 0.25) is 0 Å². The van der Waals surface area contributed by atoms with E-state index < -0.39 is 10.0 Å². The minimum Gasteiger partial charge on any atom is -0.340 e. The normalized spacial score (nSPS) is 20.5. The smallest absolute Gasteiger partial charge is 0.250 e. The highest BCUT2D eigenvalue weighted by Gasteiger charge is 2.36. The van der Waals surface area contributed by atoms with Crippen LogP contribution in [-0.4, -0.2) is 47.7 Å². The van der Waals surface area contributed by atoms with Gasteiger partial charge in [-0.3, -0.25) is 14.3 Å². The van der Waals surface area contributed by atoms with Crippen molar-refractivity contribution in [1.29, 1.82) is 0 Å². The lowest BCUT2D eigenvalue weighted by molar-refractivity contribution is -0.134. The molecule has 2 aliphatic rings. The number of anilines is 1. The zero-order chi connectivity index (χ0) is 21.8. The van der Waals surface area contributed by atoms with E-state index in [1.807, 2.05) is 38.4 Å². The van der Waals surface area contributed by atoms with Crippen molar-refractivity contribution in [2.45, 2.75) is 25.4 Å². The molecule has 0 saturated carbocycles. The number of nitrogens with zero attached hydrogens (tertiary/aromatic N) is 3. The average molecular weight is 441 g/mol. The summed E-state index contributed by atoms with van der Waals surface area (Å²) in [5.74, 6) is 0.486. The Labute approximate surface area is 180 Å². The molecule has 0 aliphatic carbocycles. The van der Waals surface area contributed by atoms with Crippen molar-refractivity contribution in [1.82, 2.24) is 14.0 Å². The number of carbonyl (C=O) groups is 1. The van der Waals surface area contributed by atoms with Crippen molar-refractivity contribution in [3.05, 3.63) is 64.7 Å². The number of aromatic nitrogens is 2. The fourth-order valence-electron chi connectivity index (χ4n) is 5.00. The molecule has 5 rings (SSSR count). The lowest BCUT2D eigenvalue weighted by Crippen LogP contribution is -2.49. The Balaban J connectivity index is 1.37. The second-order valence-corrected chi connectivity index (χ2v) is 10.3. The van der Waals surface area contributed by atoms with Crippen LogP contribution < -0.4 is 10.3 Å². The number of rotatable bonds is 4. The number of fused-ring (bicyclic) bond motifs is 5. The largest absolute Gasteiger partial charge is 0.340 e. The highest BCUT2D eigenvalue weighted by atomic mass is 32.2. The molecule has 2 bridgehead atoms. The van der Waals surface area contributed by atoms with E-state index in [-0.39, 0.29) is 29.8 Å². The molecule has 2 atom stereocenters. The number of nitrogens with one attached hydrogen (secondary N) is 1. The number of amides is 1. The molecule has 4 heterocycles. The number of hydrogen-bond acceptors (Lipinski definition) is 4. The van der Waals surface area contributed by atoms with Gasteiger partial charge in [-0.15, -0.1) is 0 Å². The Bertz CT molecular complexity index is 1340. The number of piperidine rings is 1. The van der Waals surface area contributed by atoms with E-state index in [2.05, 4.69) is 4.72 Å². The molecule has 1 amide bonds. The molecular weight excluding hydrogens is 416 g/mol. The van der Waals surface area contributed by atoms with E-state index in [4.69, 9.17) is 0 Å². The maximum absolute atomic E-state index is 13.2. The molecule has 1 N–H and O–H groups in total. The number of hydrogen-bond donors (Lipinski definition) is 1. The number of likely N-dealkylation sites (tertiary alicyclic amines) is 1. The molecule has 31 heavy (non-hydrogen) atoms. The third-order valence-corrected chi connectivity index (χ3v) is 6.84. The van der Waals surface area contributed by atoms with Gasteiger partial charge in [0.15, 0.2) is 0 Å². The summed E-state index contributed by atoms with van der Waals surface area (Å²) in [6.45, 7) is 2.10. The van der Waals surface area contributed by atoms with Gasteiger partial charge in [0.2, 0.25) is 15.9 Å². The summed E-state index contributed by atoms with van der Waals surface area (Å²) in [6, 6.07) is 12.6. The van der Waals surface area contributed by atoms with Gasteiger partial charge in [0.1, 0.15) is 6.54 Å². The first-order valence-electron chi connectivity index (χ1n) is 10.3. The minimum absolute atomic E-state index is 0.0282. The van der Waals surface area contributed by atoms with Gasteiger partial charge < -0.3 is 14.0 Å². The average Bonchev–Trinajstić information content (AvgIpc) is 3.11. The maximum Gasteiger partial charge on any atom is 0.250 e. The zero-order valence-corrected chi connectivity index (χ0v) is 18.0. The van der Waals surface area contributed by atoms with Crippen molar-refractivity contribution in [3.8, 4) is 0 Å². The maximum atomic E-state index is 13.2. The van der Waals surface area contributed by atoms with Crippen LogP contribution in [0, 0.1) is 5.92 Å². The highest BCUT2D eigenvalue weighted by Crippen LogP contribution is 2.35. The molecule has 0 spiro atoms. The van der Waals surface area contributed by atoms with Crippen LogP contribution in [0.15, 0.2) is 53.5 Å². The highest BCUT2D eigenvalue weighted by molar-refractivity contribution is 7.92. The van der Waals surface area contributed by atoms with Crippen molar-refractivity contribution < 1.29 is 13.2 Å². The molecule has 1 saturated heterocycles. The van der Waals surface area contributed by atoms with Gasteiger partial charge in [-0.25, -0.2) is 8.42 Å². The van der Waals surface area contributed by atoms with E-state index in [0.29, 0.717) is 25.3 Å². The Morgan fingerprint density at radius 2 is 1.90 bits per heavy atom. The SMILES string of the molecule is CS(=O)(=O)Nc1cccc2c1ccn2CC(=O)N1C[C@@H]2C[C@H](C1)c1cccc(=O)n1C2. The Morgan fingerprint density at radius 3 is 2.71 bits per heavy atom. The molecule has 2 aromatic heterocycles. The van der Waals surface area contributed by atoms with Crippen LogP contribution in [0.1, 0.15) is 18.0 Å². The van der Waals surface area contributed by atoms with Gasteiger partial charge >= 0.3 is 0 Å². The molecule has 1 fully saturated rings. The number of carbonyl (C=O) groups excluding carboxylic acids is 1. The predicted octanol–water partition coefficient (Wildman–Crippen LogP) is 1.82. The topological polar surface area (TPSA) is 93.4 Å². The Morgan fingerprint density at radius 1 is 1.10 bits per heavy atom. The molecule has 9 heteroatoms. The monoisotopic (exact) mass is 440 g/mol. The third kappa shape index (κ3) is 3.74. The molecule has 8 nitrogen and oxygen atoms in total. The summed E-state index contributed by atoms with van der Waals surface area (Å²) in [4.78, 5) is 27.3. The van der Waals surface area contributed by atoms with Gasteiger partial charge in [-0.05, 0) is 36.6 Å². The van der Waals surface area contributed by atoms with Gasteiger partial charge in [-0.1, -0.05) is 12.1 Å². The molecule has 0 radical (unpaired) electrons. The van der Waals surface area contributed by atoms with Crippen LogP contribution >= 0.6 is 0 Å². The van der Waals surface area contributed by atoms with Crippen LogP contribution in [0.3, 0.4) is 0 Å². The molecular formula is C22H24N4O4S. The van der Waals surface area contributed by atoms with Crippen molar-refractivity contribution >= 4 is 32.5 Å². The standard InChI is InChI=1S/C22H24N4O4S/c1-31(29,30)23-18-4-2-6-20-17(18)8-9-24(20)14-22(28)25-11-15-10-16(13-25)19-5-3-7-21(27)26(19)12-15/h2-9,15-16,23H,10-14H2,1H3/t15-,16+/m0/s1. The minimum atomic E-state index is -3.39. The molecule has 3 aromatic rings. The van der Waals surface area contributed by atoms with Crippen LogP contribution in [0.4, 0.5) is 5.69 Å². The summed E-state index contributed by atoms with van der Waals surface area (Å²) in [6.07, 6.45) is 3.93. The number of sulfonamides is 1. The first kappa shape index (κ1) is 19.9. The Kier molecular flexibility index (Phi) is 4.65. The first-order chi connectivity index (χ1) is 14.8. The van der Waals surface area contributed by atoms with Crippen LogP contribution in [0.25, 0.3) is 10.9 Å². The quantitative estimate of drug-likeness (QED) is 0.670. The summed E-state index contributed by atoms with van der Waals surface area (Å²) < 4.78 is 29.5. The van der Waals surface area contributed by atoms with Crippen molar-refractivity contribution in [2.24, 2.45) is 5.92 Å². The second-order valence-electron chi connectivity index (χ2n) is 8.55. The van der Waals surface area contributed by atoms with Gasteiger partial charge in [0, 0.05) is 48.9 Å². The van der Waals surface area contributed by atoms with Crippen molar-refractivity contribution in [3.63, 3.8) is 0 Å². The van der Waals surface area contributed by atoms with Gasteiger partial charge in [-0.2, -0.15) is 0 Å². The summed E-state index contributed by atoms with van der Waals surface area (Å²) in [5, 5.41) is 0.754. The summed E-state index contributed by atoms with van der Waals surface area (Å²) in [5.41, 5.74) is 2.35. The number of pyridine rings is 1. The predicted molar refractivity (Wildman–Crippen MR) is 119 cm³/mol. The van der Waals surface area contributed by atoms with Crippen LogP contribution in [0.5, 0.6) is 0 Å². The fourth-order valence-corrected chi connectivity index (χ4v) is 5.57. The molecule has 162 valence electrons. The zero-order valence-electron chi connectivity index (χ0n) is 17.2. The first-order valence-corrected chi connectivity index (χ1v) is 12.2. The summed E-state index contributed by atoms with van der Waals surface area (Å²) in [7, 11) is -3.39. The molecule has 0 unspecified atom stereocenters. The van der Waals surface area contributed by atoms with E-state index in [9.17, 15) is 18.0 Å². The van der Waals surface area contributed by atoms with Crippen LogP contribution in [-0.2, 0) is 27.9 Å². The third-order valence-electron chi connectivity index (χ3n) is 6.25. The summed E-state index contributed by atoms with van der Waals surface area (Å²) >= 11 is 0. The number of benzene rings is 1. The van der Waals surface area contributed by atoms with E-state index in [1.165, 1.54) is 0 Å².